The highest BCUT2D eigenvalue weighted by Gasteiger charge is 2.63. The van der Waals surface area contributed by atoms with E-state index in [4.69, 9.17) is 28.9 Å². The molecular formula is C84H108N10O10+2. The number of aryl methyl sites for hydroxylation is 4. The number of amides is 6. The molecule has 6 aromatic carbocycles. The topological polar surface area (TPSA) is 227 Å². The Morgan fingerprint density at radius 1 is 0.433 bits per heavy atom. The van der Waals surface area contributed by atoms with Crippen molar-refractivity contribution in [2.24, 2.45) is 22.7 Å². The van der Waals surface area contributed by atoms with Crippen molar-refractivity contribution >= 4 is 103 Å². The minimum atomic E-state index is -0.748. The summed E-state index contributed by atoms with van der Waals surface area (Å²) in [5.41, 5.74) is 9.70. The summed E-state index contributed by atoms with van der Waals surface area (Å²) >= 11 is 0. The third-order valence-corrected chi connectivity index (χ3v) is 20.0. The Bertz CT molecular complexity index is 4270. The number of hydrogen-bond donors (Lipinski definition) is 4. The van der Waals surface area contributed by atoms with Crippen molar-refractivity contribution in [2.75, 3.05) is 46.6 Å². The Morgan fingerprint density at radius 2 is 0.760 bits per heavy atom. The van der Waals surface area contributed by atoms with E-state index >= 15 is 0 Å². The van der Waals surface area contributed by atoms with Crippen LogP contribution in [0.1, 0.15) is 195 Å². The molecule has 12 rings (SSSR count). The number of carbonyl (C=O) groups is 6. The molecule has 0 atom stereocenters. The van der Waals surface area contributed by atoms with Gasteiger partial charge in [0.05, 0.1) is 33.6 Å². The molecule has 104 heavy (non-hydrogen) atoms. The van der Waals surface area contributed by atoms with Gasteiger partial charge in [-0.3, -0.25) is 30.0 Å². The van der Waals surface area contributed by atoms with Gasteiger partial charge in [-0.1, -0.05) is 62.1 Å². The van der Waals surface area contributed by atoms with Crippen LogP contribution in [0.3, 0.4) is 0 Å². The fourth-order valence-electron chi connectivity index (χ4n) is 16.0. The lowest BCUT2D eigenvalue weighted by atomic mass is 9.43. The van der Waals surface area contributed by atoms with Gasteiger partial charge in [-0.25, -0.2) is 29.1 Å². The summed E-state index contributed by atoms with van der Waals surface area (Å²) in [5.74, 6) is 0.815. The van der Waals surface area contributed by atoms with Crippen molar-refractivity contribution in [1.29, 1.82) is 0 Å². The molecule has 4 saturated carbocycles. The highest BCUT2D eigenvalue weighted by atomic mass is 16.6. The van der Waals surface area contributed by atoms with Crippen molar-refractivity contribution in [3.8, 4) is 11.4 Å². The number of para-hydroxylation sites is 2. The number of ether oxygens (including phenoxy) is 4. The SMILES string of the molecule is Cc1cc2nc3cc(C)c(N(CCCCCCNC(=O)C45CC6CC(C4)CC(C(=O)NCCCCCCN(C(=O)OC(C)(C)C)c4cc7c(cc4C)nc4cc(C)c(NC(=O)OC(C)(C)C)cc4[n+]7-c4ccccc4)(C6)C5)C(=O)OC(C)(C)C)cc3[n+](-c3ccccc3)c2cc1NC(=O)OC(C)(C)C. The molecule has 4 fully saturated rings. The fourth-order valence-corrected chi connectivity index (χ4v) is 16.0. The molecule has 0 aliphatic heterocycles. The maximum atomic E-state index is 14.5. The Labute approximate surface area is 612 Å². The molecular weight excluding hydrogens is 1310 g/mol. The van der Waals surface area contributed by atoms with E-state index in [1.807, 2.05) is 220 Å². The Hall–Kier alpha value is -9.46. The van der Waals surface area contributed by atoms with Gasteiger partial charge >= 0.3 is 24.4 Å². The summed E-state index contributed by atoms with van der Waals surface area (Å²) in [5, 5.41) is 12.6. The lowest BCUT2D eigenvalue weighted by Crippen LogP contribution is -2.61. The first-order chi connectivity index (χ1) is 49.0. The number of aromatic nitrogens is 4. The highest BCUT2D eigenvalue weighted by molar-refractivity contribution is 5.97. The van der Waals surface area contributed by atoms with Gasteiger partial charge in [-0.2, -0.15) is 0 Å². The summed E-state index contributed by atoms with van der Waals surface area (Å²) in [7, 11) is 0. The quantitative estimate of drug-likeness (QED) is 0.0215. The van der Waals surface area contributed by atoms with E-state index in [-0.39, 0.29) is 11.8 Å². The number of unbranched alkanes of at least 4 members (excludes halogenated alkanes) is 6. The third-order valence-electron chi connectivity index (χ3n) is 20.0. The minimum Gasteiger partial charge on any atom is -0.444 e. The van der Waals surface area contributed by atoms with Crippen LogP contribution in [-0.4, -0.2) is 94.7 Å². The van der Waals surface area contributed by atoms with E-state index in [0.29, 0.717) is 80.0 Å². The molecule has 4 aliphatic rings. The molecule has 2 aromatic heterocycles. The molecule has 2 heterocycles. The number of fused-ring (bicyclic) bond motifs is 4. The van der Waals surface area contributed by atoms with Crippen LogP contribution in [0.5, 0.6) is 0 Å². The largest absolute Gasteiger partial charge is 0.444 e. The van der Waals surface area contributed by atoms with Crippen molar-refractivity contribution in [3.63, 3.8) is 0 Å². The average Bonchev–Trinajstić information content (AvgIpc) is 0.711. The van der Waals surface area contributed by atoms with E-state index in [1.165, 1.54) is 0 Å². The van der Waals surface area contributed by atoms with Crippen molar-refractivity contribution < 1.29 is 56.8 Å². The van der Waals surface area contributed by atoms with Crippen LogP contribution < -0.4 is 40.2 Å². The standard InChI is InChI=1S/C84H106N10O10/c1-53-39-63-69(44-61(53)89-75(97)101-79(5,6)7)93(59-31-23-21-24-32-59)71-46-67(55(3)41-65(71)87-63)91(77(99)103-81(11,12)13)37-29-19-17-27-35-85-73(95)83-48-57-43-58(49-83)51-84(50-57,52-83)74(96)86-36-28-18-20-30-38-92(78(100)104-82(14,15)16)68-47-72-66(42-56(68)4)88-64-40-54(2)62(90-76(98)102-80(8,9)10)45-70(64)94(72)60-33-25-22-26-34-60/h21-26,31-34,39-42,44-47,57-58H,17-20,27-30,35-38,43,48-52H2,1-16H3,(H2,85,86,95,96)/p+2. The predicted octanol–water partition coefficient (Wildman–Crippen LogP) is 17.7. The van der Waals surface area contributed by atoms with Gasteiger partial charge in [0, 0.05) is 74.7 Å². The molecule has 4 aliphatic carbocycles. The zero-order chi connectivity index (χ0) is 74.8. The Balaban J connectivity index is 0.702. The van der Waals surface area contributed by atoms with E-state index < -0.39 is 57.6 Å². The van der Waals surface area contributed by atoms with Crippen LogP contribution >= 0.6 is 0 Å². The molecule has 20 nitrogen and oxygen atoms in total. The maximum absolute atomic E-state index is 14.5. The number of carbonyl (C=O) groups excluding carboxylic acids is 6. The third kappa shape index (κ3) is 17.8. The summed E-state index contributed by atoms with van der Waals surface area (Å²) in [6.07, 6.45) is 9.12. The van der Waals surface area contributed by atoms with Crippen molar-refractivity contribution in [3.05, 3.63) is 131 Å². The summed E-state index contributed by atoms with van der Waals surface area (Å²) in [4.78, 5) is 97.7. The van der Waals surface area contributed by atoms with Gasteiger partial charge in [0.25, 0.3) is 0 Å². The van der Waals surface area contributed by atoms with E-state index in [2.05, 4.69) is 30.4 Å². The van der Waals surface area contributed by atoms with Gasteiger partial charge in [0.15, 0.2) is 0 Å². The van der Waals surface area contributed by atoms with Crippen LogP contribution in [0.25, 0.3) is 55.5 Å². The van der Waals surface area contributed by atoms with Crippen LogP contribution in [0.15, 0.2) is 109 Å². The Morgan fingerprint density at radius 3 is 1.11 bits per heavy atom. The zero-order valence-electron chi connectivity index (χ0n) is 64.0. The first-order valence-corrected chi connectivity index (χ1v) is 37.3. The number of nitrogens with zero attached hydrogens (tertiary/aromatic N) is 6. The van der Waals surface area contributed by atoms with Crippen LogP contribution in [0.4, 0.5) is 41.9 Å². The van der Waals surface area contributed by atoms with Crippen molar-refractivity contribution in [1.82, 2.24) is 20.6 Å². The molecule has 20 heteroatoms. The maximum Gasteiger partial charge on any atom is 0.414 e. The first kappa shape index (κ1) is 75.7. The smallest absolute Gasteiger partial charge is 0.414 e. The molecule has 0 spiro atoms. The van der Waals surface area contributed by atoms with Gasteiger partial charge in [0.2, 0.25) is 45.3 Å². The normalized spacial score (nSPS) is 18.0. The number of benzene rings is 6. The molecule has 4 bridgehead atoms. The zero-order valence-corrected chi connectivity index (χ0v) is 64.0. The number of rotatable bonds is 22. The number of anilines is 4. The number of hydrogen-bond acceptors (Lipinski definition) is 12. The number of nitrogens with one attached hydrogen (secondary N) is 4. The van der Waals surface area contributed by atoms with Gasteiger partial charge in [-0.05, 0) is 233 Å². The summed E-state index contributed by atoms with van der Waals surface area (Å²) in [6.45, 7) is 31.9. The summed E-state index contributed by atoms with van der Waals surface area (Å²) in [6, 6.07) is 35.8. The average molecular weight is 1420 g/mol. The highest BCUT2D eigenvalue weighted by Crippen LogP contribution is 2.65. The molecule has 4 N–H and O–H groups in total. The minimum absolute atomic E-state index is 0.0746. The molecule has 6 amide bonds. The molecule has 552 valence electrons. The molecule has 8 aromatic rings. The first-order valence-electron chi connectivity index (χ1n) is 37.3. The Kier molecular flexibility index (Phi) is 22.1. The lowest BCUT2D eigenvalue weighted by Gasteiger charge is -2.60. The lowest BCUT2D eigenvalue weighted by molar-refractivity contribution is -0.538. The van der Waals surface area contributed by atoms with Crippen LogP contribution in [0.2, 0.25) is 0 Å². The molecule has 0 unspecified atom stereocenters. The van der Waals surface area contributed by atoms with Gasteiger partial charge < -0.3 is 29.6 Å². The van der Waals surface area contributed by atoms with Crippen LogP contribution in [0, 0.1) is 50.4 Å². The summed E-state index contributed by atoms with van der Waals surface area (Å²) < 4.78 is 27.7. The fraction of sp³-hybridized carbons (Fsp3) is 0.500. The second-order valence-electron chi connectivity index (χ2n) is 33.5. The van der Waals surface area contributed by atoms with E-state index in [9.17, 15) is 28.8 Å². The van der Waals surface area contributed by atoms with Crippen molar-refractivity contribution in [2.45, 2.75) is 223 Å². The molecule has 0 saturated heterocycles. The second kappa shape index (κ2) is 30.3. The van der Waals surface area contributed by atoms with Gasteiger partial charge in [0.1, 0.15) is 44.5 Å². The predicted molar refractivity (Wildman–Crippen MR) is 410 cm³/mol. The van der Waals surface area contributed by atoms with Crippen LogP contribution in [-0.2, 0) is 28.5 Å². The molecule has 0 radical (unpaired) electrons. The van der Waals surface area contributed by atoms with E-state index in [1.54, 1.807) is 9.80 Å². The van der Waals surface area contributed by atoms with E-state index in [0.717, 1.165) is 148 Å². The van der Waals surface area contributed by atoms with Gasteiger partial charge in [-0.15, -0.1) is 9.13 Å². The monoisotopic (exact) mass is 1420 g/mol. The second-order valence-corrected chi connectivity index (χ2v) is 33.5.